The Labute approximate surface area is 219 Å². The zero-order chi connectivity index (χ0) is 26.6. The predicted molar refractivity (Wildman–Crippen MR) is 143 cm³/mol. The minimum absolute atomic E-state index is 0.0608. The molecule has 0 aliphatic carbocycles. The Hall–Kier alpha value is -4.72. The van der Waals surface area contributed by atoms with Gasteiger partial charge in [-0.2, -0.15) is 0 Å². The summed E-state index contributed by atoms with van der Waals surface area (Å²) in [6.07, 6.45) is 0.0262. The number of benzene rings is 4. The van der Waals surface area contributed by atoms with E-state index in [4.69, 9.17) is 0 Å². The van der Waals surface area contributed by atoms with Crippen LogP contribution in [0.3, 0.4) is 0 Å². The van der Waals surface area contributed by atoms with Crippen molar-refractivity contribution in [2.75, 3.05) is 0 Å². The van der Waals surface area contributed by atoms with E-state index < -0.39 is 35.9 Å². The van der Waals surface area contributed by atoms with Gasteiger partial charge in [-0.1, -0.05) is 78.9 Å². The topological polar surface area (TPSA) is 125 Å². The number of hydrogen-bond acceptors (Lipinski definition) is 4. The van der Waals surface area contributed by atoms with Crippen LogP contribution < -0.4 is 16.0 Å². The Balaban J connectivity index is 1.29. The molecule has 3 amide bonds. The predicted octanol–water partition coefficient (Wildman–Crippen LogP) is 2.72. The Kier molecular flexibility index (Phi) is 7.04. The van der Waals surface area contributed by atoms with Gasteiger partial charge in [0.25, 0.3) is 0 Å². The summed E-state index contributed by atoms with van der Waals surface area (Å²) in [6, 6.07) is 23.8. The van der Waals surface area contributed by atoms with Gasteiger partial charge in [0, 0.05) is 12.8 Å². The second kappa shape index (κ2) is 10.7. The molecule has 192 valence electrons. The molecule has 4 N–H and O–H groups in total. The molecular formula is C30H27N3O5. The Morgan fingerprint density at radius 3 is 1.97 bits per heavy atom. The van der Waals surface area contributed by atoms with Crippen molar-refractivity contribution in [1.29, 1.82) is 0 Å². The van der Waals surface area contributed by atoms with E-state index in [9.17, 15) is 24.3 Å². The van der Waals surface area contributed by atoms with E-state index in [1.807, 2.05) is 78.9 Å². The number of aliphatic carboxylic acids is 1. The fourth-order valence-electron chi connectivity index (χ4n) is 4.98. The molecule has 0 bridgehead atoms. The number of fused-ring (bicyclic) bond motifs is 2. The van der Waals surface area contributed by atoms with Crippen molar-refractivity contribution in [3.05, 3.63) is 96.1 Å². The molecule has 5 rings (SSSR count). The number of carboxylic acid groups (broad SMARTS) is 1. The van der Waals surface area contributed by atoms with Gasteiger partial charge in [0.15, 0.2) is 0 Å². The molecule has 4 aromatic carbocycles. The summed E-state index contributed by atoms with van der Waals surface area (Å²) in [6.45, 7) is 0. The molecule has 4 aromatic rings. The Morgan fingerprint density at radius 2 is 1.34 bits per heavy atom. The van der Waals surface area contributed by atoms with Gasteiger partial charge in [-0.25, -0.2) is 4.79 Å². The minimum Gasteiger partial charge on any atom is -0.480 e. The van der Waals surface area contributed by atoms with Gasteiger partial charge in [0.2, 0.25) is 17.7 Å². The number of carbonyl (C=O) groups excluding carboxylic acids is 3. The lowest BCUT2D eigenvalue weighted by Crippen LogP contribution is -2.63. The highest BCUT2D eigenvalue weighted by atomic mass is 16.4. The lowest BCUT2D eigenvalue weighted by Gasteiger charge is -2.29. The van der Waals surface area contributed by atoms with Crippen LogP contribution in [0.15, 0.2) is 84.9 Å². The molecule has 1 heterocycles. The molecule has 38 heavy (non-hydrogen) atoms. The number of piperazine rings is 1. The third-order valence-electron chi connectivity index (χ3n) is 6.86. The molecule has 1 aliphatic rings. The largest absolute Gasteiger partial charge is 0.480 e. The van der Waals surface area contributed by atoms with Gasteiger partial charge in [0.05, 0.1) is 6.42 Å². The van der Waals surface area contributed by atoms with Gasteiger partial charge in [-0.3, -0.25) is 14.4 Å². The number of nitrogens with one attached hydrogen (secondary N) is 3. The van der Waals surface area contributed by atoms with E-state index in [1.165, 1.54) is 0 Å². The maximum absolute atomic E-state index is 12.9. The first-order valence-electron chi connectivity index (χ1n) is 12.5. The summed E-state index contributed by atoms with van der Waals surface area (Å²) in [5, 5.41) is 21.6. The standard InChI is InChI=1S/C30H27N3O5/c34-27(17-25-29(36)32-24(28(35)33-25)14-18-8-2-1-3-9-18)31-26(30(37)38)16-23-21-12-6-4-10-19(21)15-20-11-5-7-13-22(20)23/h1-13,15,24-26H,14,16-17H2,(H,31,34)(H,32,36)(H,33,35)(H,37,38)/t24-,25-,26-/m0/s1. The van der Waals surface area contributed by atoms with Crippen LogP contribution in [0.25, 0.3) is 21.5 Å². The van der Waals surface area contributed by atoms with E-state index in [0.717, 1.165) is 32.7 Å². The Bertz CT molecular complexity index is 1480. The summed E-state index contributed by atoms with van der Waals surface area (Å²) in [5.41, 5.74) is 1.72. The van der Waals surface area contributed by atoms with E-state index >= 15 is 0 Å². The number of amides is 3. The summed E-state index contributed by atoms with van der Waals surface area (Å²) >= 11 is 0. The third kappa shape index (κ3) is 5.34. The highest BCUT2D eigenvalue weighted by molar-refractivity contribution is 6.03. The van der Waals surface area contributed by atoms with Crippen molar-refractivity contribution >= 4 is 45.2 Å². The first-order chi connectivity index (χ1) is 18.4. The molecule has 0 radical (unpaired) electrons. The molecule has 0 saturated carbocycles. The molecule has 8 heteroatoms. The van der Waals surface area contributed by atoms with Crippen molar-refractivity contribution in [2.24, 2.45) is 0 Å². The lowest BCUT2D eigenvalue weighted by molar-refractivity contribution is -0.142. The van der Waals surface area contributed by atoms with Gasteiger partial charge < -0.3 is 21.1 Å². The van der Waals surface area contributed by atoms with Gasteiger partial charge >= 0.3 is 5.97 Å². The molecule has 1 aliphatic heterocycles. The molecule has 0 spiro atoms. The number of carbonyl (C=O) groups is 4. The first-order valence-corrected chi connectivity index (χ1v) is 12.5. The molecule has 3 atom stereocenters. The van der Waals surface area contributed by atoms with Crippen LogP contribution in [0.5, 0.6) is 0 Å². The van der Waals surface area contributed by atoms with Crippen molar-refractivity contribution in [2.45, 2.75) is 37.4 Å². The first kappa shape index (κ1) is 25.0. The summed E-state index contributed by atoms with van der Waals surface area (Å²) in [4.78, 5) is 50.3. The van der Waals surface area contributed by atoms with Crippen molar-refractivity contribution in [1.82, 2.24) is 16.0 Å². The molecule has 0 aromatic heterocycles. The summed E-state index contributed by atoms with van der Waals surface area (Å²) < 4.78 is 0. The smallest absolute Gasteiger partial charge is 0.326 e. The SMILES string of the molecule is O=C(C[C@@H]1NC(=O)[C@H](Cc2ccccc2)NC1=O)N[C@@H](Cc1c2ccccc2cc2ccccc12)C(=O)O. The fourth-order valence-corrected chi connectivity index (χ4v) is 4.98. The van der Waals surface area contributed by atoms with Gasteiger partial charge in [0.1, 0.15) is 18.1 Å². The number of hydrogen-bond donors (Lipinski definition) is 4. The summed E-state index contributed by atoms with van der Waals surface area (Å²) in [5.74, 6) is -2.69. The Morgan fingerprint density at radius 1 is 0.789 bits per heavy atom. The van der Waals surface area contributed by atoms with Crippen LogP contribution in [0.4, 0.5) is 0 Å². The molecule has 1 saturated heterocycles. The summed E-state index contributed by atoms with van der Waals surface area (Å²) in [7, 11) is 0. The third-order valence-corrected chi connectivity index (χ3v) is 6.86. The lowest BCUT2D eigenvalue weighted by atomic mass is 9.92. The number of rotatable bonds is 8. The maximum Gasteiger partial charge on any atom is 0.326 e. The monoisotopic (exact) mass is 509 g/mol. The normalized spacial score (nSPS) is 18.0. The van der Waals surface area contributed by atoms with Crippen LogP contribution >= 0.6 is 0 Å². The van der Waals surface area contributed by atoms with E-state index in [-0.39, 0.29) is 18.7 Å². The molecule has 8 nitrogen and oxygen atoms in total. The van der Waals surface area contributed by atoms with Crippen LogP contribution in [0.1, 0.15) is 17.5 Å². The van der Waals surface area contributed by atoms with Gasteiger partial charge in [-0.15, -0.1) is 0 Å². The second-order valence-electron chi connectivity index (χ2n) is 9.48. The van der Waals surface area contributed by atoms with Crippen molar-refractivity contribution in [3.63, 3.8) is 0 Å². The average molecular weight is 510 g/mol. The van der Waals surface area contributed by atoms with Crippen LogP contribution in [-0.2, 0) is 32.0 Å². The maximum atomic E-state index is 12.9. The minimum atomic E-state index is -1.22. The van der Waals surface area contributed by atoms with Crippen LogP contribution in [0.2, 0.25) is 0 Å². The number of carboxylic acids is 1. The highest BCUT2D eigenvalue weighted by Gasteiger charge is 2.35. The van der Waals surface area contributed by atoms with Crippen LogP contribution in [-0.4, -0.2) is 46.9 Å². The zero-order valence-electron chi connectivity index (χ0n) is 20.5. The molecule has 1 fully saturated rings. The van der Waals surface area contributed by atoms with E-state index in [2.05, 4.69) is 22.0 Å². The average Bonchev–Trinajstić information content (AvgIpc) is 2.91. The van der Waals surface area contributed by atoms with Crippen molar-refractivity contribution in [3.8, 4) is 0 Å². The van der Waals surface area contributed by atoms with E-state index in [0.29, 0.717) is 6.42 Å². The quantitative estimate of drug-likeness (QED) is 0.272. The van der Waals surface area contributed by atoms with Gasteiger partial charge in [-0.05, 0) is 38.7 Å². The van der Waals surface area contributed by atoms with Crippen LogP contribution in [0, 0.1) is 0 Å². The highest BCUT2D eigenvalue weighted by Crippen LogP contribution is 2.29. The van der Waals surface area contributed by atoms with Crippen molar-refractivity contribution < 1.29 is 24.3 Å². The fraction of sp³-hybridized carbons (Fsp3) is 0.200. The molecular weight excluding hydrogens is 482 g/mol. The second-order valence-corrected chi connectivity index (χ2v) is 9.48. The molecule has 0 unspecified atom stereocenters. The van der Waals surface area contributed by atoms with E-state index in [1.54, 1.807) is 0 Å². The zero-order valence-corrected chi connectivity index (χ0v) is 20.5.